The molecule has 27 heavy (non-hydrogen) atoms. The van der Waals surface area contributed by atoms with Gasteiger partial charge in [0.2, 0.25) is 0 Å². The number of nitrogens with zero attached hydrogens (tertiary/aromatic N) is 3. The number of methoxy groups -OCH3 is 1. The van der Waals surface area contributed by atoms with Crippen molar-refractivity contribution >= 4 is 29.9 Å². The largest absolute Gasteiger partial charge is 0.496 e. The molecule has 6 nitrogen and oxygen atoms in total. The summed E-state index contributed by atoms with van der Waals surface area (Å²) in [6.45, 7) is 1.54. The van der Waals surface area contributed by atoms with Crippen LogP contribution in [-0.2, 0) is 19.0 Å². The van der Waals surface area contributed by atoms with Gasteiger partial charge in [0.05, 0.1) is 19.3 Å². The molecule has 0 amide bonds. The second kappa shape index (κ2) is 9.96. The Kier molecular flexibility index (Phi) is 7.94. The first-order valence-electron chi connectivity index (χ1n) is 9.23. The Morgan fingerprint density at radius 1 is 1.22 bits per heavy atom. The van der Waals surface area contributed by atoms with Crippen LogP contribution in [0.1, 0.15) is 36.9 Å². The predicted molar refractivity (Wildman–Crippen MR) is 120 cm³/mol. The third kappa shape index (κ3) is 4.94. The maximum atomic E-state index is 5.64. The van der Waals surface area contributed by atoms with E-state index in [4.69, 9.17) is 4.74 Å². The average Bonchev–Trinajstić information content (AvgIpc) is 3.32. The monoisotopic (exact) mass is 483 g/mol. The molecule has 1 aromatic heterocycles. The zero-order valence-corrected chi connectivity index (χ0v) is 18.7. The fourth-order valence-electron chi connectivity index (χ4n) is 3.90. The fraction of sp³-hybridized carbons (Fsp3) is 0.500. The van der Waals surface area contributed by atoms with Gasteiger partial charge in [-0.15, -0.1) is 24.0 Å². The summed E-state index contributed by atoms with van der Waals surface area (Å²) in [4.78, 5) is 4.38. The van der Waals surface area contributed by atoms with Gasteiger partial charge in [-0.05, 0) is 25.0 Å². The number of guanidine groups is 1. The van der Waals surface area contributed by atoms with Crippen LogP contribution in [0.25, 0.3) is 0 Å². The molecular weight excluding hydrogens is 453 g/mol. The van der Waals surface area contributed by atoms with Crippen molar-refractivity contribution in [1.29, 1.82) is 0 Å². The number of aromatic nitrogens is 2. The number of halogens is 1. The lowest BCUT2D eigenvalue weighted by atomic mass is 9.78. The highest BCUT2D eigenvalue weighted by atomic mass is 127. The summed E-state index contributed by atoms with van der Waals surface area (Å²) < 4.78 is 7.51. The maximum absolute atomic E-state index is 5.64. The minimum atomic E-state index is 0. The Morgan fingerprint density at radius 2 is 1.96 bits per heavy atom. The first kappa shape index (κ1) is 21.5. The topological polar surface area (TPSA) is 63.5 Å². The van der Waals surface area contributed by atoms with Gasteiger partial charge in [-0.2, -0.15) is 5.10 Å². The predicted octanol–water partition coefficient (Wildman–Crippen LogP) is 3.22. The third-order valence-electron chi connectivity index (χ3n) is 5.42. The molecule has 2 N–H and O–H groups in total. The van der Waals surface area contributed by atoms with Crippen LogP contribution < -0.4 is 15.4 Å². The number of hydrogen-bond donors (Lipinski definition) is 2. The SMILES string of the molecule is CN=C(NCc1ccnn1C)NCC1(c2ccccc2OC)CCCC1.I. The Balaban J connectivity index is 0.00000261. The van der Waals surface area contributed by atoms with Crippen LogP contribution in [0.2, 0.25) is 0 Å². The van der Waals surface area contributed by atoms with Crippen molar-refractivity contribution < 1.29 is 4.74 Å². The highest BCUT2D eigenvalue weighted by Gasteiger charge is 2.37. The molecule has 0 radical (unpaired) electrons. The lowest BCUT2D eigenvalue weighted by Crippen LogP contribution is -2.44. The molecule has 1 heterocycles. The summed E-state index contributed by atoms with van der Waals surface area (Å²) in [5.74, 6) is 1.79. The summed E-state index contributed by atoms with van der Waals surface area (Å²) in [5, 5.41) is 11.1. The molecule has 148 valence electrons. The molecule has 0 saturated heterocycles. The average molecular weight is 483 g/mol. The van der Waals surface area contributed by atoms with Crippen molar-refractivity contribution in [2.45, 2.75) is 37.6 Å². The first-order valence-corrected chi connectivity index (χ1v) is 9.23. The summed E-state index contributed by atoms with van der Waals surface area (Å²) in [6, 6.07) is 10.4. The number of nitrogens with one attached hydrogen (secondary N) is 2. The lowest BCUT2D eigenvalue weighted by molar-refractivity contribution is 0.371. The Bertz CT molecular complexity index is 752. The normalized spacial score (nSPS) is 15.9. The molecule has 1 aromatic carbocycles. The van der Waals surface area contributed by atoms with E-state index < -0.39 is 0 Å². The van der Waals surface area contributed by atoms with Crippen molar-refractivity contribution in [2.75, 3.05) is 20.7 Å². The van der Waals surface area contributed by atoms with E-state index in [0.29, 0.717) is 6.54 Å². The van der Waals surface area contributed by atoms with E-state index in [1.807, 2.05) is 37.1 Å². The Labute approximate surface area is 178 Å². The smallest absolute Gasteiger partial charge is 0.191 e. The van der Waals surface area contributed by atoms with Crippen LogP contribution in [0.3, 0.4) is 0 Å². The maximum Gasteiger partial charge on any atom is 0.191 e. The van der Waals surface area contributed by atoms with Crippen molar-refractivity contribution in [2.24, 2.45) is 12.0 Å². The van der Waals surface area contributed by atoms with Gasteiger partial charge in [-0.3, -0.25) is 9.67 Å². The summed E-state index contributed by atoms with van der Waals surface area (Å²) >= 11 is 0. The number of benzene rings is 1. The molecule has 0 spiro atoms. The van der Waals surface area contributed by atoms with E-state index in [0.717, 1.165) is 23.9 Å². The molecule has 3 rings (SSSR count). The number of aryl methyl sites for hydroxylation is 1. The van der Waals surface area contributed by atoms with Crippen molar-refractivity contribution in [3.8, 4) is 5.75 Å². The molecule has 7 heteroatoms. The van der Waals surface area contributed by atoms with E-state index in [1.54, 1.807) is 7.11 Å². The summed E-state index contributed by atoms with van der Waals surface area (Å²) in [5.41, 5.74) is 2.51. The molecule has 1 saturated carbocycles. The van der Waals surface area contributed by atoms with Gasteiger partial charge < -0.3 is 15.4 Å². The first-order chi connectivity index (χ1) is 12.7. The van der Waals surface area contributed by atoms with Crippen LogP contribution in [0.15, 0.2) is 41.5 Å². The van der Waals surface area contributed by atoms with Gasteiger partial charge >= 0.3 is 0 Å². The Morgan fingerprint density at radius 3 is 2.59 bits per heavy atom. The number of para-hydroxylation sites is 1. The minimum Gasteiger partial charge on any atom is -0.496 e. The van der Waals surface area contributed by atoms with Crippen molar-refractivity contribution in [3.63, 3.8) is 0 Å². The summed E-state index contributed by atoms with van der Waals surface area (Å²) in [6.07, 6.45) is 6.64. The van der Waals surface area contributed by atoms with Gasteiger partial charge in [-0.1, -0.05) is 31.0 Å². The second-order valence-electron chi connectivity index (χ2n) is 6.91. The molecular formula is C20H30IN5O. The second-order valence-corrected chi connectivity index (χ2v) is 6.91. The molecule has 1 aliphatic rings. The van der Waals surface area contributed by atoms with Gasteiger partial charge in [-0.25, -0.2) is 0 Å². The zero-order valence-electron chi connectivity index (χ0n) is 16.4. The van der Waals surface area contributed by atoms with Crippen LogP contribution in [0, 0.1) is 0 Å². The van der Waals surface area contributed by atoms with E-state index in [-0.39, 0.29) is 29.4 Å². The van der Waals surface area contributed by atoms with Gasteiger partial charge in [0, 0.05) is 37.8 Å². The zero-order chi connectivity index (χ0) is 18.4. The van der Waals surface area contributed by atoms with E-state index in [9.17, 15) is 0 Å². The number of ether oxygens (including phenoxy) is 1. The molecule has 0 unspecified atom stereocenters. The molecule has 0 aliphatic heterocycles. The highest BCUT2D eigenvalue weighted by Crippen LogP contribution is 2.44. The highest BCUT2D eigenvalue weighted by molar-refractivity contribution is 14.0. The quantitative estimate of drug-likeness (QED) is 0.377. The lowest BCUT2D eigenvalue weighted by Gasteiger charge is -2.32. The van der Waals surface area contributed by atoms with Gasteiger partial charge in [0.1, 0.15) is 5.75 Å². The molecule has 0 bridgehead atoms. The van der Waals surface area contributed by atoms with Gasteiger partial charge in [0.25, 0.3) is 0 Å². The Hall–Kier alpha value is -1.77. The van der Waals surface area contributed by atoms with Crippen LogP contribution in [0.5, 0.6) is 5.75 Å². The molecule has 1 aliphatic carbocycles. The molecule has 0 atom stereocenters. The van der Waals surface area contributed by atoms with E-state index in [1.165, 1.54) is 31.2 Å². The van der Waals surface area contributed by atoms with E-state index >= 15 is 0 Å². The number of aliphatic imine (C=N–C) groups is 1. The van der Waals surface area contributed by atoms with Crippen LogP contribution >= 0.6 is 24.0 Å². The van der Waals surface area contributed by atoms with Crippen molar-refractivity contribution in [1.82, 2.24) is 20.4 Å². The molecule has 2 aromatic rings. The minimum absolute atomic E-state index is 0. The van der Waals surface area contributed by atoms with Crippen LogP contribution in [0.4, 0.5) is 0 Å². The van der Waals surface area contributed by atoms with Crippen molar-refractivity contribution in [3.05, 3.63) is 47.8 Å². The summed E-state index contributed by atoms with van der Waals surface area (Å²) in [7, 11) is 5.51. The number of hydrogen-bond acceptors (Lipinski definition) is 3. The van der Waals surface area contributed by atoms with Gasteiger partial charge in [0.15, 0.2) is 5.96 Å². The van der Waals surface area contributed by atoms with Crippen LogP contribution in [-0.4, -0.2) is 36.4 Å². The molecule has 1 fully saturated rings. The standard InChI is InChI=1S/C20H29N5O.HI/c1-21-19(22-14-16-10-13-24-25(16)2)23-15-20(11-6-7-12-20)17-8-4-5-9-18(17)26-3;/h4-5,8-10,13H,6-7,11-12,14-15H2,1-3H3,(H2,21,22,23);1H. The third-order valence-corrected chi connectivity index (χ3v) is 5.42. The van der Waals surface area contributed by atoms with E-state index in [2.05, 4.69) is 38.9 Å². The fourth-order valence-corrected chi connectivity index (χ4v) is 3.90. The number of rotatable bonds is 6.